The first-order valence-corrected chi connectivity index (χ1v) is 16.0. The highest BCUT2D eigenvalue weighted by Crippen LogP contribution is 2.39. The van der Waals surface area contributed by atoms with Crippen molar-refractivity contribution in [2.75, 3.05) is 38.0 Å². The number of carboxylic acid groups (broad SMARTS) is 1. The fraction of sp³-hybridized carbons (Fsp3) is 0.400. The van der Waals surface area contributed by atoms with E-state index in [1.165, 1.54) is 12.3 Å². The van der Waals surface area contributed by atoms with Crippen molar-refractivity contribution in [1.29, 1.82) is 0 Å². The molecule has 1 aliphatic heterocycles. The Bertz CT molecular complexity index is 1700. The summed E-state index contributed by atoms with van der Waals surface area (Å²) in [7, 11) is 0. The number of aryl methyl sites for hydroxylation is 1. The van der Waals surface area contributed by atoms with Gasteiger partial charge < -0.3 is 20.6 Å². The molecule has 262 valence electrons. The van der Waals surface area contributed by atoms with Crippen molar-refractivity contribution in [1.82, 2.24) is 15.2 Å². The molecule has 1 fully saturated rings. The van der Waals surface area contributed by atoms with E-state index in [9.17, 15) is 22.8 Å². The van der Waals surface area contributed by atoms with Crippen molar-refractivity contribution in [2.24, 2.45) is 10.9 Å². The lowest BCUT2D eigenvalue weighted by atomic mass is 9.85. The van der Waals surface area contributed by atoms with Crippen LogP contribution in [0.15, 0.2) is 47.5 Å². The van der Waals surface area contributed by atoms with Crippen LogP contribution in [0.3, 0.4) is 0 Å². The molecule has 1 aromatic heterocycles. The number of carbonyl (C=O) groups is 3. The molecule has 0 saturated heterocycles. The maximum atomic E-state index is 15.0. The zero-order valence-electron chi connectivity index (χ0n) is 27.3. The Morgan fingerprint density at radius 3 is 2.27 bits per heavy atom. The van der Waals surface area contributed by atoms with E-state index in [-0.39, 0.29) is 17.2 Å². The molecule has 1 aliphatic carbocycles. The highest BCUT2D eigenvalue weighted by Gasteiger charge is 2.38. The Morgan fingerprint density at radius 2 is 1.67 bits per heavy atom. The number of fused-ring (bicyclic) bond motifs is 1. The summed E-state index contributed by atoms with van der Waals surface area (Å²) in [4.78, 5) is 46.1. The number of alkyl halides is 3. The molecule has 2 aromatic carbocycles. The van der Waals surface area contributed by atoms with Gasteiger partial charge in [0.05, 0.1) is 5.69 Å². The normalized spacial score (nSPS) is 15.4. The number of aliphatic imine (C=N–C) groups is 1. The Morgan fingerprint density at radius 1 is 1.02 bits per heavy atom. The Hall–Kier alpha value is -4.72. The number of carbonyl (C=O) groups excluding carboxylic acids is 2. The molecule has 0 spiro atoms. The molecule has 1 saturated carbocycles. The second kappa shape index (κ2) is 16.1. The van der Waals surface area contributed by atoms with Crippen LogP contribution in [-0.4, -0.2) is 77.9 Å². The number of pyridine rings is 1. The van der Waals surface area contributed by atoms with Crippen molar-refractivity contribution in [3.05, 3.63) is 82.0 Å². The lowest BCUT2D eigenvalue weighted by Gasteiger charge is -2.24. The van der Waals surface area contributed by atoms with Crippen molar-refractivity contribution in [3.63, 3.8) is 0 Å². The minimum Gasteiger partial charge on any atom is -0.475 e. The monoisotopic (exact) mass is 687 g/mol. The van der Waals surface area contributed by atoms with Gasteiger partial charge in [0.15, 0.2) is 0 Å². The summed E-state index contributed by atoms with van der Waals surface area (Å²) in [5.41, 5.74) is 3.19. The van der Waals surface area contributed by atoms with Crippen LogP contribution in [0.1, 0.15) is 71.8 Å². The fourth-order valence-electron chi connectivity index (χ4n) is 5.38. The van der Waals surface area contributed by atoms with Crippen LogP contribution in [0.25, 0.3) is 11.1 Å². The number of anilines is 1. The summed E-state index contributed by atoms with van der Waals surface area (Å²) in [5, 5.41) is 13.5. The number of rotatable bonds is 12. The first-order valence-electron chi connectivity index (χ1n) is 16.0. The van der Waals surface area contributed by atoms with E-state index in [0.717, 1.165) is 62.2 Å². The third kappa shape index (κ3) is 9.46. The summed E-state index contributed by atoms with van der Waals surface area (Å²) < 4.78 is 61.8. The quantitative estimate of drug-likeness (QED) is 0.150. The molecule has 49 heavy (non-hydrogen) atoms. The molecular weight excluding hydrogens is 649 g/mol. The lowest BCUT2D eigenvalue weighted by molar-refractivity contribution is -0.192. The molecule has 2 aliphatic rings. The van der Waals surface area contributed by atoms with Crippen molar-refractivity contribution >= 4 is 29.8 Å². The van der Waals surface area contributed by atoms with E-state index in [4.69, 9.17) is 14.9 Å². The van der Waals surface area contributed by atoms with Gasteiger partial charge in [-0.1, -0.05) is 26.0 Å². The van der Waals surface area contributed by atoms with Gasteiger partial charge in [0.2, 0.25) is 0 Å². The first-order chi connectivity index (χ1) is 23.2. The first kappa shape index (κ1) is 37.1. The number of aliphatic carboxylic acids is 1. The molecule has 1 unspecified atom stereocenters. The summed E-state index contributed by atoms with van der Waals surface area (Å²) in [6, 6.07) is 10.9. The maximum absolute atomic E-state index is 15.0. The van der Waals surface area contributed by atoms with Gasteiger partial charge >= 0.3 is 12.1 Å². The Kier molecular flexibility index (Phi) is 12.2. The number of halogens is 5. The van der Waals surface area contributed by atoms with Gasteiger partial charge in [-0.3, -0.25) is 9.59 Å². The highest BCUT2D eigenvalue weighted by atomic mass is 19.4. The van der Waals surface area contributed by atoms with Gasteiger partial charge in [-0.05, 0) is 98.8 Å². The molecule has 9 nitrogen and oxygen atoms in total. The van der Waals surface area contributed by atoms with Crippen LogP contribution >= 0.6 is 0 Å². The van der Waals surface area contributed by atoms with E-state index < -0.39 is 35.6 Å². The van der Waals surface area contributed by atoms with Crippen LogP contribution in [0, 0.1) is 24.5 Å². The van der Waals surface area contributed by atoms with Crippen LogP contribution in [0.5, 0.6) is 0 Å². The number of aromatic nitrogens is 1. The number of hydrogen-bond donors (Lipinski definition) is 3. The summed E-state index contributed by atoms with van der Waals surface area (Å²) in [5.74, 6) is -5.57. The Balaban J connectivity index is 0.000000698. The van der Waals surface area contributed by atoms with E-state index >= 15 is 8.78 Å². The van der Waals surface area contributed by atoms with Crippen LogP contribution < -0.4 is 10.6 Å². The lowest BCUT2D eigenvalue weighted by Crippen LogP contribution is -2.26. The third-order valence-corrected chi connectivity index (χ3v) is 8.35. The molecule has 1 atom stereocenters. The predicted molar refractivity (Wildman–Crippen MR) is 175 cm³/mol. The van der Waals surface area contributed by atoms with Gasteiger partial charge in [-0.25, -0.2) is 23.6 Å². The second-order valence-electron chi connectivity index (χ2n) is 11.8. The van der Waals surface area contributed by atoms with Crippen molar-refractivity contribution in [2.45, 2.75) is 52.1 Å². The van der Waals surface area contributed by atoms with Crippen LogP contribution in [-0.2, 0) is 9.59 Å². The third-order valence-electron chi connectivity index (χ3n) is 8.35. The molecule has 3 aromatic rings. The molecule has 2 amide bonds. The van der Waals surface area contributed by atoms with Gasteiger partial charge in [-0.2, -0.15) is 13.2 Å². The largest absolute Gasteiger partial charge is 0.490 e. The molecule has 0 radical (unpaired) electrons. The molecular formula is C35H38F5N5O4. The molecule has 5 rings (SSSR count). The van der Waals surface area contributed by atoms with Gasteiger partial charge in [0.1, 0.15) is 23.4 Å². The predicted octanol–water partition coefficient (Wildman–Crippen LogP) is 6.34. The van der Waals surface area contributed by atoms with Gasteiger partial charge in [-0.15, -0.1) is 0 Å². The van der Waals surface area contributed by atoms with Crippen LogP contribution in [0.4, 0.5) is 27.8 Å². The van der Waals surface area contributed by atoms with E-state index in [2.05, 4.69) is 34.4 Å². The average Bonchev–Trinajstić information content (AvgIpc) is 3.89. The number of amides is 2. The maximum Gasteiger partial charge on any atom is 0.490 e. The van der Waals surface area contributed by atoms with E-state index in [0.29, 0.717) is 41.5 Å². The number of carboxylic acids is 1. The van der Waals surface area contributed by atoms with Gasteiger partial charge in [0.25, 0.3) is 11.8 Å². The number of hydrogen-bond acceptors (Lipinski definition) is 6. The average molecular weight is 688 g/mol. The van der Waals surface area contributed by atoms with Crippen LogP contribution in [0.2, 0.25) is 0 Å². The summed E-state index contributed by atoms with van der Waals surface area (Å²) >= 11 is 0. The van der Waals surface area contributed by atoms with E-state index in [1.807, 2.05) is 25.1 Å². The summed E-state index contributed by atoms with van der Waals surface area (Å²) in [6.45, 7) is 10.3. The topological polar surface area (TPSA) is 124 Å². The minimum absolute atomic E-state index is 0.157. The van der Waals surface area contributed by atoms with E-state index in [1.54, 1.807) is 6.07 Å². The smallest absolute Gasteiger partial charge is 0.475 e. The summed E-state index contributed by atoms with van der Waals surface area (Å²) in [6.07, 6.45) is -0.542. The number of nitrogens with one attached hydrogen (secondary N) is 2. The number of nitrogens with zero attached hydrogens (tertiary/aromatic N) is 3. The zero-order chi connectivity index (χ0) is 35.9. The molecule has 2 heterocycles. The van der Waals surface area contributed by atoms with Crippen molar-refractivity contribution < 1.29 is 41.4 Å². The molecule has 3 N–H and O–H groups in total. The van der Waals surface area contributed by atoms with Gasteiger partial charge in [0, 0.05) is 36.0 Å². The number of benzene rings is 2. The zero-order valence-corrected chi connectivity index (χ0v) is 27.3. The Labute approximate surface area is 280 Å². The molecule has 0 bridgehead atoms. The SMILES string of the molecule is CCN(CC)CCCNc1cc(-c2cc(C(=O)NCC3CC3)ccc2C)c2c(n1)C(c1c(F)cccc1F)C(=O)N=C2.O=C(O)C(F)(F)F. The molecule has 14 heteroatoms. The highest BCUT2D eigenvalue weighted by molar-refractivity contribution is 6.06. The standard InChI is InChI=1S/C33H37F2N5O2.C2HF3O2/c1-4-40(5-2)15-7-14-36-28-17-24(23-16-22(13-10-20(23)3)32(41)37-18-21-11-12-21)25-19-38-33(42)30(31(25)39-28)29-26(34)8-6-9-27(29)35;3-2(4,5)1(6)7/h6,8-10,13,16-17,19,21,30H,4-5,7,11-12,14-15,18H2,1-3H3,(H,36,39)(H,37,41);(H,6,7). The second-order valence-corrected chi connectivity index (χ2v) is 11.8. The fourth-order valence-corrected chi connectivity index (χ4v) is 5.38. The van der Waals surface area contributed by atoms with Crippen molar-refractivity contribution in [3.8, 4) is 11.1 Å². The minimum atomic E-state index is -5.08.